The largest absolute Gasteiger partial charge is 0.386 e. The molecule has 1 N–H and O–H groups in total. The van der Waals surface area contributed by atoms with Gasteiger partial charge in [0.15, 0.2) is 5.13 Å². The average Bonchev–Trinajstić information content (AvgIpc) is 2.67. The second-order valence-electron chi connectivity index (χ2n) is 4.40. The van der Waals surface area contributed by atoms with Crippen molar-refractivity contribution in [3.05, 3.63) is 24.3 Å². The van der Waals surface area contributed by atoms with Crippen LogP contribution in [0.1, 0.15) is 13.3 Å². The molecule has 0 unspecified atom stereocenters. The number of hydrogen-bond donors (Lipinski definition) is 1. The van der Waals surface area contributed by atoms with E-state index in [0.29, 0.717) is 13.1 Å². The summed E-state index contributed by atoms with van der Waals surface area (Å²) in [5.74, 6) is 0. The summed E-state index contributed by atoms with van der Waals surface area (Å²) < 4.78 is 1.21. The van der Waals surface area contributed by atoms with E-state index < -0.39 is 5.60 Å². The highest BCUT2D eigenvalue weighted by molar-refractivity contribution is 7.22. The molecule has 1 aliphatic heterocycles. The molecule has 4 heteroatoms. The number of nitrogens with zero attached hydrogens (tertiary/aromatic N) is 2. The molecule has 0 atom stereocenters. The monoisotopic (exact) mass is 234 g/mol. The molecule has 16 heavy (non-hydrogen) atoms. The zero-order valence-corrected chi connectivity index (χ0v) is 10.00. The van der Waals surface area contributed by atoms with Crippen molar-refractivity contribution in [1.82, 2.24) is 4.98 Å². The number of anilines is 1. The van der Waals surface area contributed by atoms with Gasteiger partial charge < -0.3 is 10.0 Å². The molecule has 1 fully saturated rings. The molecule has 2 aromatic rings. The lowest BCUT2D eigenvalue weighted by Crippen LogP contribution is -2.61. The van der Waals surface area contributed by atoms with Crippen LogP contribution in [0, 0.1) is 0 Å². The SMILES string of the molecule is CCC1(O)CN(c2nc3ccccc3s2)C1. The van der Waals surface area contributed by atoms with E-state index in [0.717, 1.165) is 17.1 Å². The summed E-state index contributed by atoms with van der Waals surface area (Å²) in [6.07, 6.45) is 0.814. The molecule has 1 aliphatic rings. The number of aliphatic hydroxyl groups is 1. The Labute approximate surface area is 98.3 Å². The molecule has 0 bridgehead atoms. The highest BCUT2D eigenvalue weighted by atomic mass is 32.1. The highest BCUT2D eigenvalue weighted by Crippen LogP contribution is 2.35. The van der Waals surface area contributed by atoms with Gasteiger partial charge in [-0.2, -0.15) is 0 Å². The Morgan fingerprint density at radius 2 is 2.19 bits per heavy atom. The summed E-state index contributed by atoms with van der Waals surface area (Å²) in [5, 5.41) is 11.0. The molecule has 3 rings (SSSR count). The van der Waals surface area contributed by atoms with Crippen LogP contribution >= 0.6 is 11.3 Å². The lowest BCUT2D eigenvalue weighted by molar-refractivity contribution is 0.00853. The first-order chi connectivity index (χ1) is 7.70. The van der Waals surface area contributed by atoms with Crippen molar-refractivity contribution in [2.45, 2.75) is 18.9 Å². The normalized spacial score (nSPS) is 18.8. The molecule has 1 aromatic carbocycles. The van der Waals surface area contributed by atoms with Gasteiger partial charge in [-0.1, -0.05) is 30.4 Å². The minimum Gasteiger partial charge on any atom is -0.386 e. The maximum absolute atomic E-state index is 9.96. The summed E-state index contributed by atoms with van der Waals surface area (Å²) in [4.78, 5) is 6.71. The predicted octanol–water partition coefficient (Wildman–Crippen LogP) is 2.26. The van der Waals surface area contributed by atoms with Crippen molar-refractivity contribution in [2.75, 3.05) is 18.0 Å². The van der Waals surface area contributed by atoms with Gasteiger partial charge in [-0.3, -0.25) is 0 Å². The molecule has 0 radical (unpaired) electrons. The second-order valence-corrected chi connectivity index (χ2v) is 5.41. The fourth-order valence-electron chi connectivity index (χ4n) is 2.02. The van der Waals surface area contributed by atoms with Crippen molar-refractivity contribution < 1.29 is 5.11 Å². The first-order valence-electron chi connectivity index (χ1n) is 5.53. The number of rotatable bonds is 2. The molecule has 1 saturated heterocycles. The number of hydrogen-bond acceptors (Lipinski definition) is 4. The molecule has 0 amide bonds. The Bertz CT molecular complexity index is 483. The summed E-state index contributed by atoms with van der Waals surface area (Å²) in [6.45, 7) is 3.45. The third-order valence-electron chi connectivity index (χ3n) is 3.18. The number of β-amino-alcohol motifs (C(OH)–C–C–N with tert-alkyl or cyclic N) is 1. The van der Waals surface area contributed by atoms with E-state index in [9.17, 15) is 5.11 Å². The Morgan fingerprint density at radius 3 is 2.88 bits per heavy atom. The van der Waals surface area contributed by atoms with Gasteiger partial charge in [0.1, 0.15) is 0 Å². The van der Waals surface area contributed by atoms with Gasteiger partial charge in [-0.15, -0.1) is 0 Å². The highest BCUT2D eigenvalue weighted by Gasteiger charge is 2.40. The van der Waals surface area contributed by atoms with E-state index in [2.05, 4.69) is 16.0 Å². The quantitative estimate of drug-likeness (QED) is 0.866. The van der Waals surface area contributed by atoms with Gasteiger partial charge in [-0.05, 0) is 18.6 Å². The molecule has 0 spiro atoms. The zero-order chi connectivity index (χ0) is 11.2. The van der Waals surface area contributed by atoms with Gasteiger partial charge in [0.25, 0.3) is 0 Å². The number of thiazole rings is 1. The summed E-state index contributed by atoms with van der Waals surface area (Å²) in [6, 6.07) is 8.15. The number of aromatic nitrogens is 1. The van der Waals surface area contributed by atoms with E-state index in [4.69, 9.17) is 0 Å². The van der Waals surface area contributed by atoms with E-state index in [1.165, 1.54) is 4.70 Å². The van der Waals surface area contributed by atoms with Crippen molar-refractivity contribution in [3.8, 4) is 0 Å². The summed E-state index contributed by atoms with van der Waals surface area (Å²) >= 11 is 1.70. The number of fused-ring (bicyclic) bond motifs is 1. The van der Waals surface area contributed by atoms with Crippen LogP contribution in [0.15, 0.2) is 24.3 Å². The van der Waals surface area contributed by atoms with Crippen LogP contribution in [0.4, 0.5) is 5.13 Å². The van der Waals surface area contributed by atoms with Gasteiger partial charge in [0, 0.05) is 0 Å². The summed E-state index contributed by atoms with van der Waals surface area (Å²) in [7, 11) is 0. The smallest absolute Gasteiger partial charge is 0.186 e. The van der Waals surface area contributed by atoms with E-state index in [-0.39, 0.29) is 0 Å². The van der Waals surface area contributed by atoms with Crippen LogP contribution in [-0.2, 0) is 0 Å². The molecule has 0 aliphatic carbocycles. The third kappa shape index (κ3) is 1.49. The second kappa shape index (κ2) is 3.43. The summed E-state index contributed by atoms with van der Waals surface area (Å²) in [5.41, 5.74) is 0.562. The lowest BCUT2D eigenvalue weighted by Gasteiger charge is -2.46. The van der Waals surface area contributed by atoms with Crippen LogP contribution in [0.2, 0.25) is 0 Å². The Hall–Kier alpha value is -1.13. The minimum absolute atomic E-state index is 0.488. The van der Waals surface area contributed by atoms with Crippen LogP contribution < -0.4 is 4.90 Å². The van der Waals surface area contributed by atoms with Gasteiger partial charge in [-0.25, -0.2) is 4.98 Å². The average molecular weight is 234 g/mol. The number of para-hydroxylation sites is 1. The van der Waals surface area contributed by atoms with E-state index in [1.54, 1.807) is 11.3 Å². The van der Waals surface area contributed by atoms with Crippen LogP contribution in [0.25, 0.3) is 10.2 Å². The third-order valence-corrected chi connectivity index (χ3v) is 4.28. The standard InChI is InChI=1S/C12H14N2OS/c1-2-12(15)7-14(8-12)11-13-9-5-3-4-6-10(9)16-11/h3-6,15H,2,7-8H2,1H3. The lowest BCUT2D eigenvalue weighted by atomic mass is 9.92. The van der Waals surface area contributed by atoms with Crippen molar-refractivity contribution in [2.24, 2.45) is 0 Å². The topological polar surface area (TPSA) is 36.4 Å². The minimum atomic E-state index is -0.488. The fourth-order valence-corrected chi connectivity index (χ4v) is 2.98. The van der Waals surface area contributed by atoms with Crippen LogP contribution in [-0.4, -0.2) is 28.8 Å². The number of benzene rings is 1. The van der Waals surface area contributed by atoms with Crippen molar-refractivity contribution in [1.29, 1.82) is 0 Å². The Balaban J connectivity index is 1.86. The van der Waals surface area contributed by atoms with Gasteiger partial charge >= 0.3 is 0 Å². The molecule has 0 saturated carbocycles. The molecule has 1 aromatic heterocycles. The molecule has 3 nitrogen and oxygen atoms in total. The fraction of sp³-hybridized carbons (Fsp3) is 0.417. The predicted molar refractivity (Wildman–Crippen MR) is 67.1 cm³/mol. The zero-order valence-electron chi connectivity index (χ0n) is 9.18. The molecular weight excluding hydrogens is 220 g/mol. The van der Waals surface area contributed by atoms with Crippen molar-refractivity contribution >= 4 is 26.7 Å². The maximum Gasteiger partial charge on any atom is 0.186 e. The van der Waals surface area contributed by atoms with E-state index in [1.807, 2.05) is 25.1 Å². The molecule has 2 heterocycles. The van der Waals surface area contributed by atoms with Crippen LogP contribution in [0.5, 0.6) is 0 Å². The first-order valence-corrected chi connectivity index (χ1v) is 6.35. The Kier molecular flexibility index (Phi) is 2.16. The molecule has 84 valence electrons. The molecular formula is C12H14N2OS. The first kappa shape index (κ1) is 10.1. The van der Waals surface area contributed by atoms with Gasteiger partial charge in [0.2, 0.25) is 0 Å². The van der Waals surface area contributed by atoms with Crippen LogP contribution in [0.3, 0.4) is 0 Å². The van der Waals surface area contributed by atoms with E-state index >= 15 is 0 Å². The van der Waals surface area contributed by atoms with Gasteiger partial charge in [0.05, 0.1) is 28.9 Å². The van der Waals surface area contributed by atoms with Crippen molar-refractivity contribution in [3.63, 3.8) is 0 Å². The maximum atomic E-state index is 9.96. The Morgan fingerprint density at radius 1 is 1.44 bits per heavy atom.